The number of aromatic hydroxyl groups is 1. The van der Waals surface area contributed by atoms with Crippen molar-refractivity contribution in [3.63, 3.8) is 0 Å². The maximum absolute atomic E-state index is 13.5. The number of nitrogens with zero attached hydrogens (tertiary/aromatic N) is 3. The number of pyridine rings is 1. The average molecular weight is 1030 g/mol. The zero-order valence-electron chi connectivity index (χ0n) is 67.4. The van der Waals surface area contributed by atoms with E-state index in [4.69, 9.17) is 29.7 Å². The largest absolute Gasteiger partial charge is 0.507 e. The molecule has 1 aliphatic carbocycles. The maximum Gasteiger partial charge on any atom is 0.149 e. The standard InChI is InChI=1S/C72H79N3O/c1-68(2,3)54-39-52(38-53(40-54)62-41-51(34-37-73-62)47-30-28-46(29-31-47)48-32-35-72(13,14)36-33-48)57-26-21-27-63-64(57)74-67(60-44-56(70(7,8)9)45-61(66(60)76)71(10,11)12)75(63)65-58(49-22-17-15-18-23-49)42-55(69(4,5)6)43-59(65)50-24-19-16-20-25-50/h15-31,34,37-45,48,76H,32-33,35-36H2,1-14H3/i7D3,8D3,9D3,10D3,11D3,12D3,30D,31D,34D,41D,48D. The first-order valence-corrected chi connectivity index (χ1v) is 25.8. The number of imidazole rings is 1. The molecule has 0 unspecified atom stereocenters. The molecule has 7 aromatic carbocycles. The Hall–Kier alpha value is -7.04. The highest BCUT2D eigenvalue weighted by Gasteiger charge is 2.32. The van der Waals surface area contributed by atoms with Gasteiger partial charge in [0, 0.05) is 60.1 Å². The molecule has 388 valence electrons. The molecule has 0 aliphatic heterocycles. The molecule has 1 saturated carbocycles. The summed E-state index contributed by atoms with van der Waals surface area (Å²) < 4.78 is 210. The molecule has 2 heterocycles. The van der Waals surface area contributed by atoms with Gasteiger partial charge in [-0.1, -0.05) is 206 Å². The van der Waals surface area contributed by atoms with Crippen LogP contribution in [0.3, 0.4) is 0 Å². The minimum absolute atomic E-state index is 0.00520. The minimum atomic E-state index is -4.23. The normalized spacial score (nSPS) is 20.4. The first-order chi connectivity index (χ1) is 45.3. The van der Waals surface area contributed by atoms with Crippen molar-refractivity contribution in [3.05, 3.63) is 192 Å². The number of hydrogen-bond donors (Lipinski definition) is 1. The maximum atomic E-state index is 13.5. The van der Waals surface area contributed by atoms with Gasteiger partial charge in [0.15, 0.2) is 0 Å². The van der Waals surface area contributed by atoms with E-state index >= 15 is 0 Å². The fourth-order valence-electron chi connectivity index (χ4n) is 10.3. The number of hydrogen-bond acceptors (Lipinski definition) is 3. The van der Waals surface area contributed by atoms with Crippen LogP contribution >= 0.6 is 0 Å². The molecule has 4 nitrogen and oxygen atoms in total. The van der Waals surface area contributed by atoms with Crippen LogP contribution in [0.5, 0.6) is 5.75 Å². The summed E-state index contributed by atoms with van der Waals surface area (Å²) in [6.45, 7) is -8.85. The van der Waals surface area contributed by atoms with Gasteiger partial charge in [-0.25, -0.2) is 4.98 Å². The molecular formula is C72H79N3O. The molecule has 1 fully saturated rings. The molecule has 2 aromatic heterocycles. The SMILES string of the molecule is [2H]c1cc(C2([2H])CCC(C)(C)CC2)cc([2H])c1-c1c([2H])cnc(-c2cc(-c3cccc4c3nc(-c3cc(C(C([2H])([2H])[2H])(C([2H])([2H])[2H])C([2H])([2H])[2H])cc(C(C([2H])([2H])[2H])(C([2H])([2H])[2H])C([2H])([2H])[2H])c3O)n4-c3c(-c4ccccc4)cc(C(C)(C)C)cc3-c3ccccc3)cc(C(C)(C)C)c2)c1[2H]. The first kappa shape index (κ1) is 31.2. The van der Waals surface area contributed by atoms with Gasteiger partial charge in [0.2, 0.25) is 0 Å². The van der Waals surface area contributed by atoms with Gasteiger partial charge >= 0.3 is 0 Å². The Kier molecular flexibility index (Phi) is 8.02. The van der Waals surface area contributed by atoms with Crippen LogP contribution in [0.2, 0.25) is 0 Å². The molecule has 9 aromatic rings. The molecule has 0 saturated heterocycles. The van der Waals surface area contributed by atoms with Crippen LogP contribution in [0.1, 0.15) is 187 Å². The summed E-state index contributed by atoms with van der Waals surface area (Å²) in [6, 6.07) is 35.7. The van der Waals surface area contributed by atoms with Crippen LogP contribution in [0.4, 0.5) is 0 Å². The Morgan fingerprint density at radius 1 is 0.566 bits per heavy atom. The monoisotopic (exact) mass is 1020 g/mol. The van der Waals surface area contributed by atoms with Gasteiger partial charge < -0.3 is 5.11 Å². The molecule has 1 N–H and O–H groups in total. The number of para-hydroxylation sites is 1. The Morgan fingerprint density at radius 2 is 1.13 bits per heavy atom. The number of aromatic nitrogens is 3. The number of phenolic OH excluding ortho intramolecular Hbond substituents is 1. The van der Waals surface area contributed by atoms with Crippen LogP contribution < -0.4 is 0 Å². The Morgan fingerprint density at radius 3 is 1.72 bits per heavy atom. The lowest BCUT2D eigenvalue weighted by atomic mass is 9.71. The van der Waals surface area contributed by atoms with E-state index in [1.54, 1.807) is 72.8 Å². The second-order valence-corrected chi connectivity index (χ2v) is 23.2. The molecule has 4 heteroatoms. The number of rotatable bonds is 8. The second kappa shape index (κ2) is 19.5. The topological polar surface area (TPSA) is 50.9 Å². The van der Waals surface area contributed by atoms with E-state index in [1.165, 1.54) is 10.8 Å². The summed E-state index contributed by atoms with van der Waals surface area (Å²) in [5.41, 5.74) is -7.61. The van der Waals surface area contributed by atoms with Crippen molar-refractivity contribution in [1.29, 1.82) is 0 Å². The Labute approximate surface area is 486 Å². The average Bonchev–Trinajstić information content (AvgIpc) is 1.39. The molecule has 1 aliphatic rings. The van der Waals surface area contributed by atoms with Gasteiger partial charge in [0.25, 0.3) is 0 Å². The lowest BCUT2D eigenvalue weighted by Gasteiger charge is -2.34. The van der Waals surface area contributed by atoms with E-state index in [9.17, 15) is 12.0 Å². The number of phenols is 1. The van der Waals surface area contributed by atoms with Gasteiger partial charge in [-0.2, -0.15) is 0 Å². The fraction of sp³-hybridized carbons (Fsp3) is 0.333. The van der Waals surface area contributed by atoms with E-state index in [0.29, 0.717) is 69.0 Å². The summed E-state index contributed by atoms with van der Waals surface area (Å²) >= 11 is 0. The van der Waals surface area contributed by atoms with E-state index in [0.717, 1.165) is 18.4 Å². The number of benzene rings is 7. The van der Waals surface area contributed by atoms with Crippen molar-refractivity contribution in [3.8, 4) is 78.6 Å². The summed E-state index contributed by atoms with van der Waals surface area (Å²) in [4.78, 5) is 10.0. The third kappa shape index (κ3) is 10.5. The van der Waals surface area contributed by atoms with Crippen LogP contribution in [0.15, 0.2) is 164 Å². The molecular weight excluding hydrogens is 923 g/mol. The molecule has 0 atom stereocenters. The summed E-state index contributed by atoms with van der Waals surface area (Å²) in [7, 11) is 0. The quantitative estimate of drug-likeness (QED) is 0.165. The van der Waals surface area contributed by atoms with Crippen LogP contribution in [-0.4, -0.2) is 19.6 Å². The molecule has 76 heavy (non-hydrogen) atoms. The molecule has 0 spiro atoms. The van der Waals surface area contributed by atoms with Crippen LogP contribution in [0, 0.1) is 5.41 Å². The van der Waals surface area contributed by atoms with E-state index in [2.05, 4.69) is 18.8 Å². The van der Waals surface area contributed by atoms with Crippen molar-refractivity contribution >= 4 is 11.0 Å². The highest BCUT2D eigenvalue weighted by Crippen LogP contribution is 2.49. The van der Waals surface area contributed by atoms with Crippen molar-refractivity contribution in [2.24, 2.45) is 5.41 Å². The second-order valence-electron chi connectivity index (χ2n) is 23.2. The van der Waals surface area contributed by atoms with Gasteiger partial charge in [-0.3, -0.25) is 9.55 Å². The molecule has 10 rings (SSSR count). The van der Waals surface area contributed by atoms with Gasteiger partial charge in [-0.05, 0) is 157 Å². The van der Waals surface area contributed by atoms with E-state index < -0.39 is 96.9 Å². The summed E-state index contributed by atoms with van der Waals surface area (Å²) in [6.07, 6.45) is 3.85. The zero-order valence-corrected chi connectivity index (χ0v) is 44.4. The Balaban J connectivity index is 1.40. The van der Waals surface area contributed by atoms with Crippen molar-refractivity contribution in [2.75, 3.05) is 0 Å². The molecule has 0 radical (unpaired) electrons. The Bertz CT molecular complexity index is 4430. The van der Waals surface area contributed by atoms with E-state index in [1.807, 2.05) is 90.1 Å². The van der Waals surface area contributed by atoms with Crippen molar-refractivity contribution < 1.29 is 36.6 Å². The number of fused-ring (bicyclic) bond motifs is 1. The fourth-order valence-corrected chi connectivity index (χ4v) is 10.3. The summed E-state index contributed by atoms with van der Waals surface area (Å²) in [5.74, 6) is -2.98. The predicted octanol–water partition coefficient (Wildman–Crippen LogP) is 20.0. The third-order valence-corrected chi connectivity index (χ3v) is 14.9. The summed E-state index contributed by atoms with van der Waals surface area (Å²) in [5, 5.41) is 13.5. The molecule has 0 amide bonds. The van der Waals surface area contributed by atoms with Crippen LogP contribution in [0.25, 0.3) is 83.9 Å². The van der Waals surface area contributed by atoms with Gasteiger partial charge in [-0.15, -0.1) is 0 Å². The minimum Gasteiger partial charge on any atom is -0.507 e. The molecule has 0 bridgehead atoms. The lowest BCUT2D eigenvalue weighted by Crippen LogP contribution is -2.20. The first-order valence-electron chi connectivity index (χ1n) is 37.3. The zero-order chi connectivity index (χ0) is 73.5. The van der Waals surface area contributed by atoms with E-state index in [-0.39, 0.29) is 69.2 Å². The highest BCUT2D eigenvalue weighted by atomic mass is 16.3. The van der Waals surface area contributed by atoms with Crippen molar-refractivity contribution in [1.82, 2.24) is 14.5 Å². The lowest BCUT2D eigenvalue weighted by molar-refractivity contribution is 0.224. The smallest absolute Gasteiger partial charge is 0.149 e. The van der Waals surface area contributed by atoms with Gasteiger partial charge in [0.05, 0.1) is 33.5 Å². The van der Waals surface area contributed by atoms with Crippen LogP contribution in [-0.2, 0) is 21.7 Å². The van der Waals surface area contributed by atoms with Crippen molar-refractivity contribution in [2.45, 2.75) is 150 Å². The third-order valence-electron chi connectivity index (χ3n) is 14.9. The highest BCUT2D eigenvalue weighted by molar-refractivity contribution is 6.00. The van der Waals surface area contributed by atoms with Gasteiger partial charge in [0.1, 0.15) is 11.6 Å². The predicted molar refractivity (Wildman–Crippen MR) is 323 cm³/mol.